The van der Waals surface area contributed by atoms with Gasteiger partial charge in [0.2, 0.25) is 0 Å². The third-order valence-corrected chi connectivity index (χ3v) is 3.91. The highest BCUT2D eigenvalue weighted by atomic mass is 79.9. The highest BCUT2D eigenvalue weighted by Gasteiger charge is 2.42. The van der Waals surface area contributed by atoms with Gasteiger partial charge in [-0.25, -0.2) is 0 Å². The van der Waals surface area contributed by atoms with E-state index in [4.69, 9.17) is 22.1 Å². The third-order valence-electron chi connectivity index (χ3n) is 3.06. The van der Waals surface area contributed by atoms with Crippen LogP contribution in [0, 0.1) is 5.41 Å². The van der Waals surface area contributed by atoms with E-state index in [0.29, 0.717) is 10.4 Å². The van der Waals surface area contributed by atoms with Gasteiger partial charge in [-0.15, -0.1) is 0 Å². The lowest BCUT2D eigenvalue weighted by atomic mass is 10.0. The normalized spacial score (nSPS) is 17.2. The minimum atomic E-state index is 0.341. The third kappa shape index (κ3) is 2.90. The van der Waals surface area contributed by atoms with Gasteiger partial charge in [0.25, 0.3) is 0 Å². The Morgan fingerprint density at radius 1 is 1.44 bits per heavy atom. The maximum atomic E-state index is 5.87. The van der Waals surface area contributed by atoms with E-state index >= 15 is 0 Å². The van der Waals surface area contributed by atoms with Gasteiger partial charge in [0.15, 0.2) is 0 Å². The summed E-state index contributed by atoms with van der Waals surface area (Å²) >= 11 is 9.31. The van der Waals surface area contributed by atoms with Crippen LogP contribution in [-0.2, 0) is 0 Å². The molecule has 0 unspecified atom stereocenters. The molecular weight excluding hydrogens is 289 g/mol. The van der Waals surface area contributed by atoms with Crippen LogP contribution in [-0.4, -0.2) is 13.2 Å². The van der Waals surface area contributed by atoms with Gasteiger partial charge in [0.05, 0.1) is 11.1 Å². The van der Waals surface area contributed by atoms with Crippen molar-refractivity contribution in [1.29, 1.82) is 0 Å². The van der Waals surface area contributed by atoms with E-state index in [0.717, 1.165) is 29.8 Å². The summed E-state index contributed by atoms with van der Waals surface area (Å²) in [7, 11) is 0. The molecule has 4 heteroatoms. The molecule has 0 aliphatic heterocycles. The van der Waals surface area contributed by atoms with Crippen LogP contribution in [0.4, 0.5) is 0 Å². The zero-order valence-corrected chi connectivity index (χ0v) is 11.4. The predicted octanol–water partition coefficient (Wildman–Crippen LogP) is 3.61. The molecule has 2 rings (SSSR count). The molecule has 1 fully saturated rings. The number of nitrogens with two attached hydrogens (primary N) is 1. The Morgan fingerprint density at radius 3 is 2.75 bits per heavy atom. The Bertz CT molecular complexity index is 379. The Kier molecular flexibility index (Phi) is 3.77. The topological polar surface area (TPSA) is 35.2 Å². The van der Waals surface area contributed by atoms with E-state index in [2.05, 4.69) is 15.9 Å². The Labute approximate surface area is 109 Å². The van der Waals surface area contributed by atoms with Gasteiger partial charge in [-0.3, -0.25) is 0 Å². The van der Waals surface area contributed by atoms with E-state index in [1.807, 2.05) is 18.2 Å². The Morgan fingerprint density at radius 2 is 2.19 bits per heavy atom. The van der Waals surface area contributed by atoms with E-state index in [-0.39, 0.29) is 0 Å². The maximum absolute atomic E-state index is 5.87. The van der Waals surface area contributed by atoms with Crippen molar-refractivity contribution in [2.75, 3.05) is 13.2 Å². The summed E-state index contributed by atoms with van der Waals surface area (Å²) in [5.41, 5.74) is 5.93. The minimum Gasteiger partial charge on any atom is -0.492 e. The quantitative estimate of drug-likeness (QED) is 0.902. The molecule has 1 aliphatic carbocycles. The van der Waals surface area contributed by atoms with E-state index in [1.54, 1.807) is 0 Å². The van der Waals surface area contributed by atoms with Gasteiger partial charge in [-0.05, 0) is 59.9 Å². The van der Waals surface area contributed by atoms with Gasteiger partial charge in [0.1, 0.15) is 5.75 Å². The van der Waals surface area contributed by atoms with Crippen molar-refractivity contribution >= 4 is 27.5 Å². The molecule has 0 saturated heterocycles. The molecule has 0 amide bonds. The van der Waals surface area contributed by atoms with Crippen LogP contribution in [0.1, 0.15) is 19.3 Å². The Hall–Kier alpha value is -0.250. The lowest BCUT2D eigenvalue weighted by Gasteiger charge is -2.16. The number of ether oxygens (including phenoxy) is 1. The second-order valence-electron chi connectivity index (χ2n) is 4.40. The number of benzene rings is 1. The zero-order chi connectivity index (χ0) is 11.6. The van der Waals surface area contributed by atoms with Crippen molar-refractivity contribution in [2.24, 2.45) is 11.1 Å². The molecule has 1 aliphatic rings. The summed E-state index contributed by atoms with van der Waals surface area (Å²) < 4.78 is 6.72. The van der Waals surface area contributed by atoms with Crippen LogP contribution in [0.5, 0.6) is 5.75 Å². The smallest absolute Gasteiger partial charge is 0.133 e. The molecule has 0 heterocycles. The van der Waals surface area contributed by atoms with Crippen molar-refractivity contribution in [3.8, 4) is 5.75 Å². The lowest BCUT2D eigenvalue weighted by Crippen LogP contribution is -2.17. The van der Waals surface area contributed by atoms with Crippen LogP contribution >= 0.6 is 27.5 Å². The molecule has 1 aromatic rings. The number of rotatable bonds is 5. The van der Waals surface area contributed by atoms with E-state index in [9.17, 15) is 0 Å². The lowest BCUT2D eigenvalue weighted by molar-refractivity contribution is 0.226. The van der Waals surface area contributed by atoms with Gasteiger partial charge in [-0.1, -0.05) is 11.6 Å². The molecular formula is C12H15BrClNO. The first-order valence-corrected chi connectivity index (χ1v) is 6.60. The molecule has 0 spiro atoms. The Balaban J connectivity index is 1.94. The fourth-order valence-corrected chi connectivity index (χ4v) is 2.57. The van der Waals surface area contributed by atoms with Crippen molar-refractivity contribution in [3.05, 3.63) is 27.7 Å². The summed E-state index contributed by atoms with van der Waals surface area (Å²) in [6, 6.07) is 5.58. The second kappa shape index (κ2) is 4.94. The minimum absolute atomic E-state index is 0.341. The van der Waals surface area contributed by atoms with E-state index < -0.39 is 0 Å². The number of hydrogen-bond donors (Lipinski definition) is 1. The van der Waals surface area contributed by atoms with Crippen molar-refractivity contribution in [1.82, 2.24) is 0 Å². The van der Waals surface area contributed by atoms with E-state index in [1.165, 1.54) is 12.8 Å². The van der Waals surface area contributed by atoms with Crippen molar-refractivity contribution in [2.45, 2.75) is 19.3 Å². The highest BCUT2D eigenvalue weighted by Crippen LogP contribution is 2.48. The second-order valence-corrected chi connectivity index (χ2v) is 5.69. The van der Waals surface area contributed by atoms with Crippen LogP contribution in [0.2, 0.25) is 5.02 Å². The number of halogens is 2. The maximum Gasteiger partial charge on any atom is 0.133 e. The molecule has 0 aromatic heterocycles. The summed E-state index contributed by atoms with van der Waals surface area (Å²) in [5.74, 6) is 0.854. The fraction of sp³-hybridized carbons (Fsp3) is 0.500. The van der Waals surface area contributed by atoms with Crippen LogP contribution in [0.15, 0.2) is 22.7 Å². The molecule has 1 saturated carbocycles. The van der Waals surface area contributed by atoms with Gasteiger partial charge in [-0.2, -0.15) is 0 Å². The standard InChI is InChI=1S/C12H15BrClNO/c13-10-7-9(14)1-2-11(10)16-8-12(3-4-12)5-6-15/h1-2,7H,3-6,8,15H2. The first-order valence-electron chi connectivity index (χ1n) is 5.43. The molecule has 2 nitrogen and oxygen atoms in total. The average Bonchev–Trinajstić information content (AvgIpc) is 2.98. The zero-order valence-electron chi connectivity index (χ0n) is 9.01. The summed E-state index contributed by atoms with van der Waals surface area (Å²) in [4.78, 5) is 0. The van der Waals surface area contributed by atoms with Crippen LogP contribution in [0.3, 0.4) is 0 Å². The van der Waals surface area contributed by atoms with Crippen LogP contribution < -0.4 is 10.5 Å². The largest absolute Gasteiger partial charge is 0.492 e. The molecule has 1 aromatic carbocycles. The fourth-order valence-electron chi connectivity index (χ4n) is 1.77. The van der Waals surface area contributed by atoms with Crippen molar-refractivity contribution in [3.63, 3.8) is 0 Å². The highest BCUT2D eigenvalue weighted by molar-refractivity contribution is 9.10. The first kappa shape index (κ1) is 12.2. The van der Waals surface area contributed by atoms with Gasteiger partial charge < -0.3 is 10.5 Å². The van der Waals surface area contributed by atoms with Crippen molar-refractivity contribution < 1.29 is 4.74 Å². The molecule has 0 atom stereocenters. The summed E-state index contributed by atoms with van der Waals surface area (Å²) in [5, 5.41) is 0.710. The molecule has 0 radical (unpaired) electrons. The first-order chi connectivity index (χ1) is 7.65. The monoisotopic (exact) mass is 303 g/mol. The number of hydrogen-bond acceptors (Lipinski definition) is 2. The SMILES string of the molecule is NCCC1(COc2ccc(Cl)cc2Br)CC1. The average molecular weight is 305 g/mol. The van der Waals surface area contributed by atoms with Gasteiger partial charge in [0, 0.05) is 10.4 Å². The molecule has 2 N–H and O–H groups in total. The molecule has 0 bridgehead atoms. The molecule has 88 valence electrons. The summed E-state index contributed by atoms with van der Waals surface area (Å²) in [6.45, 7) is 1.50. The van der Waals surface area contributed by atoms with Crippen LogP contribution in [0.25, 0.3) is 0 Å². The predicted molar refractivity (Wildman–Crippen MR) is 70.0 cm³/mol. The summed E-state index contributed by atoms with van der Waals surface area (Å²) in [6.07, 6.45) is 3.52. The molecule has 16 heavy (non-hydrogen) atoms. The van der Waals surface area contributed by atoms with Gasteiger partial charge >= 0.3 is 0 Å².